The van der Waals surface area contributed by atoms with E-state index in [1.807, 2.05) is 24.3 Å². The average molecular weight is 214 g/mol. The van der Waals surface area contributed by atoms with Gasteiger partial charge in [-0.25, -0.2) is 4.98 Å². The summed E-state index contributed by atoms with van der Waals surface area (Å²) in [4.78, 5) is 4.44. The predicted octanol–water partition coefficient (Wildman–Crippen LogP) is 2.30. The van der Waals surface area contributed by atoms with Crippen molar-refractivity contribution in [3.63, 3.8) is 0 Å². The molecule has 82 valence electrons. The van der Waals surface area contributed by atoms with Crippen LogP contribution in [0.4, 0.5) is 5.82 Å². The van der Waals surface area contributed by atoms with Gasteiger partial charge in [0.2, 0.25) is 0 Å². The van der Waals surface area contributed by atoms with E-state index in [0.29, 0.717) is 6.04 Å². The molecule has 3 rings (SSSR count). The Balaban J connectivity index is 2.13. The average Bonchev–Trinajstić information content (AvgIpc) is 3.13. The van der Waals surface area contributed by atoms with Crippen molar-refractivity contribution in [3.8, 4) is 0 Å². The number of hydrogen-bond donors (Lipinski definition) is 2. The van der Waals surface area contributed by atoms with Crippen LogP contribution in [0.1, 0.15) is 18.5 Å². The number of pyridine rings is 1. The van der Waals surface area contributed by atoms with E-state index in [4.69, 9.17) is 0 Å². The van der Waals surface area contributed by atoms with Crippen molar-refractivity contribution in [2.24, 2.45) is 0 Å². The maximum absolute atomic E-state index is 9.18. The molecule has 1 aromatic heterocycles. The SMILES string of the molecule is OCc1cc2ccccc2c(NC2CC2)n1. The van der Waals surface area contributed by atoms with Gasteiger partial charge < -0.3 is 10.4 Å². The molecule has 1 saturated carbocycles. The summed E-state index contributed by atoms with van der Waals surface area (Å²) in [5.41, 5.74) is 0.724. The zero-order valence-electron chi connectivity index (χ0n) is 8.98. The van der Waals surface area contributed by atoms with Gasteiger partial charge >= 0.3 is 0 Å². The Morgan fingerprint density at radius 3 is 2.88 bits per heavy atom. The summed E-state index contributed by atoms with van der Waals surface area (Å²) in [6.45, 7) is -0.00974. The minimum absolute atomic E-state index is 0.00974. The molecule has 1 aliphatic carbocycles. The van der Waals surface area contributed by atoms with Crippen molar-refractivity contribution in [2.75, 3.05) is 5.32 Å². The van der Waals surface area contributed by atoms with E-state index in [9.17, 15) is 5.11 Å². The molecule has 0 atom stereocenters. The number of nitrogens with one attached hydrogen (secondary N) is 1. The lowest BCUT2D eigenvalue weighted by Gasteiger charge is -2.09. The van der Waals surface area contributed by atoms with Crippen molar-refractivity contribution in [1.29, 1.82) is 0 Å². The number of fused-ring (bicyclic) bond motifs is 1. The van der Waals surface area contributed by atoms with Crippen molar-refractivity contribution in [2.45, 2.75) is 25.5 Å². The molecule has 2 N–H and O–H groups in total. The second-order valence-corrected chi connectivity index (χ2v) is 4.26. The molecule has 1 heterocycles. The van der Waals surface area contributed by atoms with Gasteiger partial charge in [-0.05, 0) is 24.3 Å². The fourth-order valence-electron chi connectivity index (χ4n) is 1.87. The second kappa shape index (κ2) is 3.76. The van der Waals surface area contributed by atoms with Crippen LogP contribution in [-0.2, 0) is 6.61 Å². The summed E-state index contributed by atoms with van der Waals surface area (Å²) in [5.74, 6) is 0.907. The number of hydrogen-bond acceptors (Lipinski definition) is 3. The van der Waals surface area contributed by atoms with Gasteiger partial charge in [0.15, 0.2) is 0 Å². The molecule has 16 heavy (non-hydrogen) atoms. The summed E-state index contributed by atoms with van der Waals surface area (Å²) in [7, 11) is 0. The molecule has 0 amide bonds. The minimum Gasteiger partial charge on any atom is -0.390 e. The first-order valence-corrected chi connectivity index (χ1v) is 5.63. The van der Waals surface area contributed by atoms with Crippen LogP contribution in [0.2, 0.25) is 0 Å². The Labute approximate surface area is 94.1 Å². The van der Waals surface area contributed by atoms with E-state index < -0.39 is 0 Å². The Hall–Kier alpha value is -1.61. The number of nitrogens with zero attached hydrogens (tertiary/aromatic N) is 1. The summed E-state index contributed by atoms with van der Waals surface area (Å²) in [6.07, 6.45) is 2.44. The van der Waals surface area contributed by atoms with Gasteiger partial charge in [0.25, 0.3) is 0 Å². The van der Waals surface area contributed by atoms with Crippen molar-refractivity contribution in [1.82, 2.24) is 4.98 Å². The third kappa shape index (κ3) is 1.74. The third-order valence-electron chi connectivity index (χ3n) is 2.87. The molecule has 2 aromatic rings. The molecule has 0 unspecified atom stereocenters. The van der Waals surface area contributed by atoms with Crippen molar-refractivity contribution < 1.29 is 5.11 Å². The molecule has 0 spiro atoms. The highest BCUT2D eigenvalue weighted by molar-refractivity contribution is 5.92. The molecule has 0 aliphatic heterocycles. The smallest absolute Gasteiger partial charge is 0.134 e. The summed E-state index contributed by atoms with van der Waals surface area (Å²) in [6, 6.07) is 10.6. The van der Waals surface area contributed by atoms with Crippen LogP contribution >= 0.6 is 0 Å². The maximum Gasteiger partial charge on any atom is 0.134 e. The number of aliphatic hydroxyl groups is 1. The van der Waals surface area contributed by atoms with Crippen LogP contribution in [0.25, 0.3) is 10.8 Å². The maximum atomic E-state index is 9.18. The molecule has 0 radical (unpaired) electrons. The summed E-state index contributed by atoms with van der Waals surface area (Å²) < 4.78 is 0. The van der Waals surface area contributed by atoms with Gasteiger partial charge in [0.05, 0.1) is 12.3 Å². The lowest BCUT2D eigenvalue weighted by Crippen LogP contribution is -2.05. The minimum atomic E-state index is -0.00974. The summed E-state index contributed by atoms with van der Waals surface area (Å²) in [5, 5.41) is 14.9. The topological polar surface area (TPSA) is 45.1 Å². The van der Waals surface area contributed by atoms with Gasteiger partial charge in [-0.3, -0.25) is 0 Å². The van der Waals surface area contributed by atoms with Gasteiger partial charge in [-0.15, -0.1) is 0 Å². The number of anilines is 1. The summed E-state index contributed by atoms with van der Waals surface area (Å²) >= 11 is 0. The van der Waals surface area contributed by atoms with Gasteiger partial charge in [-0.1, -0.05) is 24.3 Å². The fraction of sp³-hybridized carbons (Fsp3) is 0.308. The monoisotopic (exact) mass is 214 g/mol. The van der Waals surface area contributed by atoms with E-state index in [-0.39, 0.29) is 6.61 Å². The van der Waals surface area contributed by atoms with Crippen LogP contribution < -0.4 is 5.32 Å². The van der Waals surface area contributed by atoms with Crippen LogP contribution in [0.3, 0.4) is 0 Å². The zero-order chi connectivity index (χ0) is 11.0. The van der Waals surface area contributed by atoms with Crippen LogP contribution in [-0.4, -0.2) is 16.1 Å². The first-order chi connectivity index (χ1) is 7.86. The number of aliphatic hydroxyl groups excluding tert-OH is 1. The van der Waals surface area contributed by atoms with E-state index >= 15 is 0 Å². The number of aromatic nitrogens is 1. The Morgan fingerprint density at radius 1 is 1.31 bits per heavy atom. The Morgan fingerprint density at radius 2 is 2.12 bits per heavy atom. The normalized spacial score (nSPS) is 15.3. The first-order valence-electron chi connectivity index (χ1n) is 5.63. The Bertz CT molecular complexity index is 520. The molecule has 0 saturated heterocycles. The van der Waals surface area contributed by atoms with Crippen molar-refractivity contribution >= 4 is 16.6 Å². The highest BCUT2D eigenvalue weighted by Gasteiger charge is 2.22. The molecular weight excluding hydrogens is 200 g/mol. The lowest BCUT2D eigenvalue weighted by molar-refractivity contribution is 0.277. The van der Waals surface area contributed by atoms with Crippen molar-refractivity contribution in [3.05, 3.63) is 36.0 Å². The van der Waals surface area contributed by atoms with Crippen LogP contribution in [0.5, 0.6) is 0 Å². The Kier molecular flexibility index (Phi) is 2.26. The highest BCUT2D eigenvalue weighted by atomic mass is 16.3. The standard InChI is InChI=1S/C13H14N2O/c16-8-11-7-9-3-1-2-4-12(9)13(15-11)14-10-5-6-10/h1-4,7,10,16H,5-6,8H2,(H,14,15). The largest absolute Gasteiger partial charge is 0.390 e. The molecular formula is C13H14N2O. The van der Waals surface area contributed by atoms with Crippen LogP contribution in [0.15, 0.2) is 30.3 Å². The second-order valence-electron chi connectivity index (χ2n) is 4.26. The molecule has 1 aromatic carbocycles. The third-order valence-corrected chi connectivity index (χ3v) is 2.87. The molecule has 1 fully saturated rings. The van der Waals surface area contributed by atoms with Gasteiger partial charge in [-0.2, -0.15) is 0 Å². The predicted molar refractivity (Wildman–Crippen MR) is 64.3 cm³/mol. The zero-order valence-corrected chi connectivity index (χ0v) is 8.98. The van der Waals surface area contributed by atoms with E-state index in [1.165, 1.54) is 12.8 Å². The van der Waals surface area contributed by atoms with Gasteiger partial charge in [0, 0.05) is 11.4 Å². The first kappa shape index (κ1) is 9.60. The molecule has 0 bridgehead atoms. The van der Waals surface area contributed by atoms with E-state index in [2.05, 4.69) is 16.4 Å². The highest BCUT2D eigenvalue weighted by Crippen LogP contribution is 2.28. The van der Waals surface area contributed by atoms with Crippen LogP contribution in [0, 0.1) is 0 Å². The molecule has 3 nitrogen and oxygen atoms in total. The number of rotatable bonds is 3. The molecule has 3 heteroatoms. The van der Waals surface area contributed by atoms with E-state index in [1.54, 1.807) is 0 Å². The van der Waals surface area contributed by atoms with E-state index in [0.717, 1.165) is 22.3 Å². The fourth-order valence-corrected chi connectivity index (χ4v) is 1.87. The van der Waals surface area contributed by atoms with Gasteiger partial charge in [0.1, 0.15) is 5.82 Å². The molecule has 1 aliphatic rings. The number of benzene rings is 1. The quantitative estimate of drug-likeness (QED) is 0.824. The lowest BCUT2D eigenvalue weighted by atomic mass is 10.1.